The molecule has 0 spiro atoms. The van der Waals surface area contributed by atoms with Crippen LogP contribution in [-0.2, 0) is 0 Å². The van der Waals surface area contributed by atoms with Gasteiger partial charge in [0.2, 0.25) is 0 Å². The number of carbonyl (C=O) groups excluding carboxylic acids is 1. The number of para-hydroxylation sites is 1. The Kier molecular flexibility index (Phi) is 7.01. The van der Waals surface area contributed by atoms with Crippen LogP contribution in [-0.4, -0.2) is 18.5 Å². The van der Waals surface area contributed by atoms with Crippen LogP contribution in [0.2, 0.25) is 0 Å². The molecule has 0 aliphatic carbocycles. The number of unbranched alkanes of at least 4 members (excludes halogenated alkanes) is 2. The third-order valence-corrected chi connectivity index (χ3v) is 3.16. The van der Waals surface area contributed by atoms with Gasteiger partial charge < -0.3 is 10.6 Å². The summed E-state index contributed by atoms with van der Waals surface area (Å²) in [7, 11) is 0. The van der Waals surface area contributed by atoms with Crippen molar-refractivity contribution in [2.45, 2.75) is 52.5 Å². The summed E-state index contributed by atoms with van der Waals surface area (Å²) < 4.78 is 0. The minimum atomic E-state index is 0.0144. The summed E-state index contributed by atoms with van der Waals surface area (Å²) in [5.41, 5.74) is 1.63. The Morgan fingerprint density at radius 1 is 1.21 bits per heavy atom. The molecule has 106 valence electrons. The predicted octanol–water partition coefficient (Wildman–Crippen LogP) is 3.82. The van der Waals surface area contributed by atoms with E-state index in [2.05, 4.69) is 24.5 Å². The van der Waals surface area contributed by atoms with Crippen LogP contribution in [0.3, 0.4) is 0 Å². The zero-order valence-electron chi connectivity index (χ0n) is 12.3. The molecular weight excluding hydrogens is 236 g/mol. The molecule has 1 unspecified atom stereocenters. The maximum atomic E-state index is 12.2. The number of carbonyl (C=O) groups is 1. The Labute approximate surface area is 116 Å². The highest BCUT2D eigenvalue weighted by atomic mass is 16.1. The third-order valence-electron chi connectivity index (χ3n) is 3.16. The highest BCUT2D eigenvalue weighted by Gasteiger charge is 2.12. The fourth-order valence-corrected chi connectivity index (χ4v) is 2.10. The molecule has 3 nitrogen and oxygen atoms in total. The molecule has 0 aliphatic heterocycles. The first-order valence-corrected chi connectivity index (χ1v) is 7.32. The van der Waals surface area contributed by atoms with Gasteiger partial charge in [-0.3, -0.25) is 4.79 Å². The highest BCUT2D eigenvalue weighted by Crippen LogP contribution is 2.15. The number of amides is 1. The van der Waals surface area contributed by atoms with Crippen molar-refractivity contribution in [3.05, 3.63) is 29.8 Å². The van der Waals surface area contributed by atoms with Crippen LogP contribution in [0, 0.1) is 0 Å². The van der Waals surface area contributed by atoms with E-state index in [1.807, 2.05) is 31.2 Å². The maximum Gasteiger partial charge on any atom is 0.253 e. The molecule has 19 heavy (non-hydrogen) atoms. The minimum Gasteiger partial charge on any atom is -0.385 e. The van der Waals surface area contributed by atoms with E-state index in [1.165, 1.54) is 19.3 Å². The number of hydrogen-bond donors (Lipinski definition) is 2. The Balaban J connectivity index is 2.57. The molecule has 0 saturated heterocycles. The quantitative estimate of drug-likeness (QED) is 0.699. The van der Waals surface area contributed by atoms with Crippen molar-refractivity contribution in [3.63, 3.8) is 0 Å². The second-order valence-electron chi connectivity index (χ2n) is 4.95. The molecule has 0 fully saturated rings. The van der Waals surface area contributed by atoms with Crippen LogP contribution in [0.1, 0.15) is 56.8 Å². The molecule has 0 aromatic heterocycles. The van der Waals surface area contributed by atoms with Crippen molar-refractivity contribution in [2.24, 2.45) is 0 Å². The van der Waals surface area contributed by atoms with E-state index in [0.29, 0.717) is 0 Å². The first kappa shape index (κ1) is 15.5. The first-order valence-electron chi connectivity index (χ1n) is 7.32. The second kappa shape index (κ2) is 8.57. The van der Waals surface area contributed by atoms with Gasteiger partial charge in [0.25, 0.3) is 5.91 Å². The van der Waals surface area contributed by atoms with E-state index < -0.39 is 0 Å². The highest BCUT2D eigenvalue weighted by molar-refractivity contribution is 5.99. The summed E-state index contributed by atoms with van der Waals surface area (Å²) in [5.74, 6) is 0.0144. The number of hydrogen-bond acceptors (Lipinski definition) is 2. The molecular formula is C16H26N2O. The average molecular weight is 262 g/mol. The summed E-state index contributed by atoms with van der Waals surface area (Å²) in [4.78, 5) is 12.2. The van der Waals surface area contributed by atoms with E-state index in [0.717, 1.165) is 24.2 Å². The molecule has 0 radical (unpaired) electrons. The predicted molar refractivity (Wildman–Crippen MR) is 81.7 cm³/mol. The molecule has 2 N–H and O–H groups in total. The molecule has 0 heterocycles. The van der Waals surface area contributed by atoms with Crippen LogP contribution in [0.15, 0.2) is 24.3 Å². The Hall–Kier alpha value is -1.51. The molecule has 0 saturated carbocycles. The van der Waals surface area contributed by atoms with Crippen molar-refractivity contribution >= 4 is 11.6 Å². The summed E-state index contributed by atoms with van der Waals surface area (Å²) in [6, 6.07) is 7.89. The van der Waals surface area contributed by atoms with Gasteiger partial charge in [0.05, 0.1) is 5.56 Å². The Morgan fingerprint density at radius 3 is 2.63 bits per heavy atom. The summed E-state index contributed by atoms with van der Waals surface area (Å²) >= 11 is 0. The summed E-state index contributed by atoms with van der Waals surface area (Å²) in [5, 5.41) is 6.30. The van der Waals surface area contributed by atoms with Gasteiger partial charge in [-0.25, -0.2) is 0 Å². The van der Waals surface area contributed by atoms with E-state index in [-0.39, 0.29) is 11.9 Å². The Bertz CT molecular complexity index is 390. The largest absolute Gasteiger partial charge is 0.385 e. The Morgan fingerprint density at radius 2 is 1.95 bits per heavy atom. The molecule has 0 aliphatic rings. The lowest BCUT2D eigenvalue weighted by atomic mass is 10.1. The van der Waals surface area contributed by atoms with Gasteiger partial charge in [-0.15, -0.1) is 0 Å². The number of nitrogens with one attached hydrogen (secondary N) is 2. The van der Waals surface area contributed by atoms with Gasteiger partial charge in [0.15, 0.2) is 0 Å². The third kappa shape index (κ3) is 5.33. The van der Waals surface area contributed by atoms with Crippen molar-refractivity contribution in [1.82, 2.24) is 5.32 Å². The van der Waals surface area contributed by atoms with Crippen molar-refractivity contribution in [1.29, 1.82) is 0 Å². The second-order valence-corrected chi connectivity index (χ2v) is 4.95. The monoisotopic (exact) mass is 262 g/mol. The fraction of sp³-hybridized carbons (Fsp3) is 0.562. The lowest BCUT2D eigenvalue weighted by molar-refractivity contribution is 0.0938. The number of anilines is 1. The van der Waals surface area contributed by atoms with Gasteiger partial charge in [-0.2, -0.15) is 0 Å². The molecule has 1 rings (SSSR count). The maximum absolute atomic E-state index is 12.2. The van der Waals surface area contributed by atoms with Gasteiger partial charge >= 0.3 is 0 Å². The van der Waals surface area contributed by atoms with Crippen LogP contribution in [0.4, 0.5) is 5.69 Å². The standard InChI is InChI=1S/C16H26N2O/c1-4-6-7-10-13(3)18-16(19)14-11-8-9-12-15(14)17-5-2/h8-9,11-13,17H,4-7,10H2,1-3H3,(H,18,19). The first-order chi connectivity index (χ1) is 9.19. The summed E-state index contributed by atoms with van der Waals surface area (Å²) in [6.07, 6.45) is 4.66. The molecule has 1 amide bonds. The SMILES string of the molecule is CCCCCC(C)NC(=O)c1ccccc1NCC. The lowest BCUT2D eigenvalue weighted by Crippen LogP contribution is -2.33. The lowest BCUT2D eigenvalue weighted by Gasteiger charge is -2.16. The molecule has 1 atom stereocenters. The zero-order chi connectivity index (χ0) is 14.1. The van der Waals surface area contributed by atoms with E-state index in [9.17, 15) is 4.79 Å². The van der Waals surface area contributed by atoms with Crippen molar-refractivity contribution in [3.8, 4) is 0 Å². The van der Waals surface area contributed by atoms with Crippen molar-refractivity contribution in [2.75, 3.05) is 11.9 Å². The number of benzene rings is 1. The van der Waals surface area contributed by atoms with Crippen LogP contribution < -0.4 is 10.6 Å². The van der Waals surface area contributed by atoms with E-state index >= 15 is 0 Å². The molecule has 0 bridgehead atoms. The fourth-order valence-electron chi connectivity index (χ4n) is 2.10. The van der Waals surface area contributed by atoms with Crippen LogP contribution in [0.5, 0.6) is 0 Å². The normalized spacial score (nSPS) is 11.9. The molecule has 1 aromatic rings. The molecule has 3 heteroatoms. The average Bonchev–Trinajstić information content (AvgIpc) is 2.40. The van der Waals surface area contributed by atoms with Gasteiger partial charge in [-0.1, -0.05) is 38.3 Å². The van der Waals surface area contributed by atoms with Gasteiger partial charge in [0, 0.05) is 18.3 Å². The van der Waals surface area contributed by atoms with Gasteiger partial charge in [0.1, 0.15) is 0 Å². The van der Waals surface area contributed by atoms with Gasteiger partial charge in [-0.05, 0) is 32.4 Å². The smallest absolute Gasteiger partial charge is 0.253 e. The zero-order valence-corrected chi connectivity index (χ0v) is 12.3. The van der Waals surface area contributed by atoms with E-state index in [4.69, 9.17) is 0 Å². The van der Waals surface area contributed by atoms with E-state index in [1.54, 1.807) is 0 Å². The van der Waals surface area contributed by atoms with Crippen LogP contribution in [0.25, 0.3) is 0 Å². The van der Waals surface area contributed by atoms with Crippen LogP contribution >= 0.6 is 0 Å². The van der Waals surface area contributed by atoms with Crippen molar-refractivity contribution < 1.29 is 4.79 Å². The topological polar surface area (TPSA) is 41.1 Å². The molecule has 1 aromatic carbocycles. The number of rotatable bonds is 8. The summed E-state index contributed by atoms with van der Waals surface area (Å²) in [6.45, 7) is 7.11. The minimum absolute atomic E-state index is 0.0144.